The molecule has 0 aliphatic rings. The summed E-state index contributed by atoms with van der Waals surface area (Å²) in [6, 6.07) is 14.6. The van der Waals surface area contributed by atoms with Gasteiger partial charge in [0.25, 0.3) is 0 Å². The maximum atomic E-state index is 12.4. The highest BCUT2D eigenvalue weighted by molar-refractivity contribution is 6.33. The van der Waals surface area contributed by atoms with Gasteiger partial charge in [-0.3, -0.25) is 9.59 Å². The predicted octanol–water partition coefficient (Wildman–Crippen LogP) is 4.46. The van der Waals surface area contributed by atoms with Crippen LogP contribution in [0.1, 0.15) is 32.3 Å². The molecule has 2 rings (SSSR count). The first kappa shape index (κ1) is 18.0. The predicted molar refractivity (Wildman–Crippen MR) is 98.6 cm³/mol. The van der Waals surface area contributed by atoms with Gasteiger partial charge >= 0.3 is 0 Å². The third kappa shape index (κ3) is 4.36. The van der Waals surface area contributed by atoms with Crippen molar-refractivity contribution < 1.29 is 9.59 Å². The molecule has 0 unspecified atom stereocenters. The van der Waals surface area contributed by atoms with E-state index in [2.05, 4.69) is 19.2 Å². The highest BCUT2D eigenvalue weighted by Gasteiger charge is 2.19. The molecule has 0 atom stereocenters. The van der Waals surface area contributed by atoms with Gasteiger partial charge in [-0.05, 0) is 29.7 Å². The van der Waals surface area contributed by atoms with E-state index >= 15 is 0 Å². The van der Waals surface area contributed by atoms with Gasteiger partial charge < -0.3 is 10.2 Å². The van der Waals surface area contributed by atoms with Gasteiger partial charge in [-0.1, -0.05) is 55.8 Å². The molecule has 0 saturated carbocycles. The van der Waals surface area contributed by atoms with Crippen LogP contribution in [0.15, 0.2) is 48.5 Å². The molecule has 0 spiro atoms. The van der Waals surface area contributed by atoms with Crippen molar-refractivity contribution in [2.75, 3.05) is 16.8 Å². The van der Waals surface area contributed by atoms with Crippen molar-refractivity contribution in [2.45, 2.75) is 26.7 Å². The van der Waals surface area contributed by atoms with E-state index in [1.165, 1.54) is 11.8 Å². The Hall–Kier alpha value is -2.33. The molecule has 0 saturated heterocycles. The first-order chi connectivity index (χ1) is 11.4. The number of rotatable bonds is 5. The quantitative estimate of drug-likeness (QED) is 0.870. The van der Waals surface area contributed by atoms with Crippen LogP contribution in [0.2, 0.25) is 5.02 Å². The van der Waals surface area contributed by atoms with E-state index in [4.69, 9.17) is 11.6 Å². The average molecular weight is 345 g/mol. The minimum Gasteiger partial charge on any atom is -0.324 e. The first-order valence-electron chi connectivity index (χ1n) is 7.81. The van der Waals surface area contributed by atoms with Gasteiger partial charge in [0.05, 0.1) is 10.7 Å². The molecule has 2 aromatic carbocycles. The number of carbonyl (C=O) groups is 2. The van der Waals surface area contributed by atoms with E-state index in [-0.39, 0.29) is 24.3 Å². The second-order valence-electron chi connectivity index (χ2n) is 5.85. The standard InChI is InChI=1S/C19H21ClN2O2/c1-13(2)15-8-4-6-10-17(15)21-19(24)12-22(14(3)23)18-11-7-5-9-16(18)20/h4-11,13H,12H2,1-3H3,(H,21,24). The zero-order valence-electron chi connectivity index (χ0n) is 14.0. The van der Waals surface area contributed by atoms with Crippen molar-refractivity contribution in [3.63, 3.8) is 0 Å². The van der Waals surface area contributed by atoms with Crippen LogP contribution in [0.3, 0.4) is 0 Å². The SMILES string of the molecule is CC(=O)N(CC(=O)Nc1ccccc1C(C)C)c1ccccc1Cl. The topological polar surface area (TPSA) is 49.4 Å². The maximum absolute atomic E-state index is 12.4. The molecule has 126 valence electrons. The molecule has 1 N–H and O–H groups in total. The average Bonchev–Trinajstić information content (AvgIpc) is 2.53. The van der Waals surface area contributed by atoms with Gasteiger partial charge in [-0.2, -0.15) is 0 Å². The largest absolute Gasteiger partial charge is 0.324 e. The fourth-order valence-electron chi connectivity index (χ4n) is 2.48. The summed E-state index contributed by atoms with van der Waals surface area (Å²) in [5.74, 6) is -0.220. The number of nitrogens with one attached hydrogen (secondary N) is 1. The summed E-state index contributed by atoms with van der Waals surface area (Å²) in [7, 11) is 0. The van der Waals surface area contributed by atoms with E-state index in [9.17, 15) is 9.59 Å². The Bertz CT molecular complexity index is 744. The normalized spacial score (nSPS) is 10.5. The summed E-state index contributed by atoms with van der Waals surface area (Å²) in [4.78, 5) is 25.8. The van der Waals surface area contributed by atoms with Gasteiger partial charge in [0, 0.05) is 12.6 Å². The maximum Gasteiger partial charge on any atom is 0.244 e. The monoisotopic (exact) mass is 344 g/mol. The second kappa shape index (κ2) is 7.97. The third-order valence-electron chi connectivity index (χ3n) is 3.68. The first-order valence-corrected chi connectivity index (χ1v) is 8.19. The highest BCUT2D eigenvalue weighted by atomic mass is 35.5. The Morgan fingerprint density at radius 3 is 2.33 bits per heavy atom. The summed E-state index contributed by atoms with van der Waals surface area (Å²) < 4.78 is 0. The molecule has 0 fully saturated rings. The van der Waals surface area contributed by atoms with E-state index in [0.29, 0.717) is 10.7 Å². The number of hydrogen-bond acceptors (Lipinski definition) is 2. The highest BCUT2D eigenvalue weighted by Crippen LogP contribution is 2.26. The number of nitrogens with zero attached hydrogens (tertiary/aromatic N) is 1. The number of benzene rings is 2. The Morgan fingerprint density at radius 1 is 1.08 bits per heavy atom. The number of anilines is 2. The lowest BCUT2D eigenvalue weighted by atomic mass is 10.0. The minimum absolute atomic E-state index is 0.0918. The molecule has 5 heteroatoms. The summed E-state index contributed by atoms with van der Waals surface area (Å²) >= 11 is 6.15. The van der Waals surface area contributed by atoms with Gasteiger partial charge in [-0.15, -0.1) is 0 Å². The Balaban J connectivity index is 2.18. The molecule has 2 amide bonds. The number of halogens is 1. The Kier molecular flexibility index (Phi) is 5.99. The van der Waals surface area contributed by atoms with Crippen molar-refractivity contribution >= 4 is 34.8 Å². The van der Waals surface area contributed by atoms with Crippen LogP contribution in [0, 0.1) is 0 Å². The molecule has 4 nitrogen and oxygen atoms in total. The number of para-hydroxylation sites is 2. The Labute approximate surface area is 147 Å². The van der Waals surface area contributed by atoms with E-state index in [0.717, 1.165) is 11.3 Å². The molecule has 2 aromatic rings. The Morgan fingerprint density at radius 2 is 1.71 bits per heavy atom. The van der Waals surface area contributed by atoms with Crippen LogP contribution in [0.4, 0.5) is 11.4 Å². The molecule has 24 heavy (non-hydrogen) atoms. The molecule has 0 bridgehead atoms. The zero-order valence-corrected chi connectivity index (χ0v) is 14.8. The van der Waals surface area contributed by atoms with Gasteiger partial charge in [-0.25, -0.2) is 0 Å². The lowest BCUT2D eigenvalue weighted by molar-refractivity contribution is -0.120. The number of amides is 2. The van der Waals surface area contributed by atoms with Gasteiger partial charge in [0.2, 0.25) is 11.8 Å². The van der Waals surface area contributed by atoms with Gasteiger partial charge in [0.1, 0.15) is 6.54 Å². The van der Waals surface area contributed by atoms with Crippen molar-refractivity contribution in [3.8, 4) is 0 Å². The van der Waals surface area contributed by atoms with Crippen LogP contribution in [0.25, 0.3) is 0 Å². The van der Waals surface area contributed by atoms with Crippen LogP contribution in [-0.4, -0.2) is 18.4 Å². The molecular weight excluding hydrogens is 324 g/mol. The number of hydrogen-bond donors (Lipinski definition) is 1. The summed E-state index contributed by atoms with van der Waals surface area (Å²) in [5, 5.41) is 3.32. The van der Waals surface area contributed by atoms with E-state index < -0.39 is 0 Å². The summed E-state index contributed by atoms with van der Waals surface area (Å²) in [6.45, 7) is 5.46. The minimum atomic E-state index is -0.266. The van der Waals surface area contributed by atoms with Crippen molar-refractivity contribution in [1.29, 1.82) is 0 Å². The van der Waals surface area contributed by atoms with Crippen molar-refractivity contribution in [1.82, 2.24) is 0 Å². The van der Waals surface area contributed by atoms with Crippen LogP contribution < -0.4 is 10.2 Å². The van der Waals surface area contributed by atoms with Crippen molar-refractivity contribution in [2.24, 2.45) is 0 Å². The molecule has 0 radical (unpaired) electrons. The molecule has 0 heterocycles. The fraction of sp³-hybridized carbons (Fsp3) is 0.263. The lowest BCUT2D eigenvalue weighted by Crippen LogP contribution is -2.37. The molecular formula is C19H21ClN2O2. The second-order valence-corrected chi connectivity index (χ2v) is 6.25. The third-order valence-corrected chi connectivity index (χ3v) is 4.00. The smallest absolute Gasteiger partial charge is 0.244 e. The fourth-order valence-corrected chi connectivity index (χ4v) is 2.72. The lowest BCUT2D eigenvalue weighted by Gasteiger charge is -2.22. The van der Waals surface area contributed by atoms with E-state index in [1.54, 1.807) is 24.3 Å². The van der Waals surface area contributed by atoms with E-state index in [1.807, 2.05) is 24.3 Å². The summed E-state index contributed by atoms with van der Waals surface area (Å²) in [6.07, 6.45) is 0. The van der Waals surface area contributed by atoms with Gasteiger partial charge in [0.15, 0.2) is 0 Å². The molecule has 0 aromatic heterocycles. The van der Waals surface area contributed by atoms with Crippen LogP contribution >= 0.6 is 11.6 Å². The summed E-state index contributed by atoms with van der Waals surface area (Å²) in [5.41, 5.74) is 2.34. The van der Waals surface area contributed by atoms with Crippen LogP contribution in [0.5, 0.6) is 0 Å². The van der Waals surface area contributed by atoms with Crippen molar-refractivity contribution in [3.05, 3.63) is 59.1 Å². The molecule has 0 aliphatic carbocycles. The molecule has 0 aliphatic heterocycles. The number of carbonyl (C=O) groups excluding carboxylic acids is 2. The zero-order chi connectivity index (χ0) is 17.7. The van der Waals surface area contributed by atoms with Crippen LogP contribution in [-0.2, 0) is 9.59 Å².